The van der Waals surface area contributed by atoms with E-state index in [1.54, 1.807) is 0 Å². The van der Waals surface area contributed by atoms with Gasteiger partial charge >= 0.3 is 0 Å². The predicted octanol–water partition coefficient (Wildman–Crippen LogP) is 3.61. The Balaban J connectivity index is 2.08. The van der Waals surface area contributed by atoms with Gasteiger partial charge in [-0.1, -0.05) is 22.0 Å². The van der Waals surface area contributed by atoms with Crippen LogP contribution >= 0.6 is 15.9 Å². The molecule has 106 valence electrons. The standard InChI is InChI=1S/C16H19BrN2O/c1-18-8-7-12-11-6-5-10(17)9-14(11)19-15(20)4-2-3-13(18)16(12)19/h5-6,9,13,15,20H,2-4,7-8H2,1H3/t13-,15-/m0/s1. The van der Waals surface area contributed by atoms with Crippen LogP contribution in [0.5, 0.6) is 0 Å². The van der Waals surface area contributed by atoms with E-state index in [9.17, 15) is 5.11 Å². The molecule has 1 N–H and O–H groups in total. The molecular weight excluding hydrogens is 316 g/mol. The molecule has 1 aromatic heterocycles. The highest BCUT2D eigenvalue weighted by atomic mass is 79.9. The zero-order valence-corrected chi connectivity index (χ0v) is 13.2. The summed E-state index contributed by atoms with van der Waals surface area (Å²) in [5.74, 6) is 0. The molecule has 2 aliphatic heterocycles. The molecule has 1 aromatic carbocycles. The molecule has 2 aliphatic rings. The van der Waals surface area contributed by atoms with Crippen LogP contribution in [0.3, 0.4) is 0 Å². The quantitative estimate of drug-likeness (QED) is 0.797. The van der Waals surface area contributed by atoms with Crippen molar-refractivity contribution >= 4 is 26.8 Å². The molecule has 0 fully saturated rings. The van der Waals surface area contributed by atoms with Crippen LogP contribution in [0.2, 0.25) is 0 Å². The van der Waals surface area contributed by atoms with Crippen molar-refractivity contribution in [3.8, 4) is 0 Å². The summed E-state index contributed by atoms with van der Waals surface area (Å²) in [7, 11) is 2.21. The Hall–Kier alpha value is -0.840. The van der Waals surface area contributed by atoms with Gasteiger partial charge in [0.25, 0.3) is 0 Å². The third-order valence-electron chi connectivity index (χ3n) is 4.91. The minimum atomic E-state index is -0.382. The predicted molar refractivity (Wildman–Crippen MR) is 83.8 cm³/mol. The molecule has 2 aromatic rings. The molecule has 0 spiro atoms. The van der Waals surface area contributed by atoms with Crippen molar-refractivity contribution in [1.82, 2.24) is 9.47 Å². The van der Waals surface area contributed by atoms with E-state index in [2.05, 4.69) is 50.6 Å². The highest BCUT2D eigenvalue weighted by Gasteiger charge is 2.34. The van der Waals surface area contributed by atoms with Crippen LogP contribution < -0.4 is 0 Å². The Morgan fingerprint density at radius 2 is 2.15 bits per heavy atom. The van der Waals surface area contributed by atoms with Crippen molar-refractivity contribution in [2.75, 3.05) is 13.6 Å². The molecule has 3 nitrogen and oxygen atoms in total. The minimum absolute atomic E-state index is 0.382. The van der Waals surface area contributed by atoms with Gasteiger partial charge in [-0.05, 0) is 50.4 Å². The number of hydrogen-bond acceptors (Lipinski definition) is 2. The molecule has 20 heavy (non-hydrogen) atoms. The number of likely N-dealkylation sites (N-methyl/N-ethyl adjacent to an activating group) is 1. The van der Waals surface area contributed by atoms with Gasteiger partial charge in [-0.25, -0.2) is 0 Å². The Kier molecular flexibility index (Phi) is 2.95. The summed E-state index contributed by atoms with van der Waals surface area (Å²) in [6.45, 7) is 1.11. The number of nitrogens with zero attached hydrogens (tertiary/aromatic N) is 2. The average Bonchev–Trinajstić information content (AvgIpc) is 2.63. The molecule has 4 rings (SSSR count). The van der Waals surface area contributed by atoms with Crippen molar-refractivity contribution in [2.24, 2.45) is 0 Å². The van der Waals surface area contributed by atoms with Crippen LogP contribution in [-0.2, 0) is 6.42 Å². The molecule has 0 saturated heterocycles. The number of benzene rings is 1. The Morgan fingerprint density at radius 1 is 1.30 bits per heavy atom. The van der Waals surface area contributed by atoms with Crippen LogP contribution in [0.4, 0.5) is 0 Å². The fourth-order valence-electron chi connectivity index (χ4n) is 3.95. The SMILES string of the molecule is CN1CCc2c3n(c4cc(Br)ccc24)[C@@H](O)CCC[C@@H]31. The number of aliphatic hydroxyl groups excluding tert-OH is 1. The van der Waals surface area contributed by atoms with E-state index in [4.69, 9.17) is 0 Å². The highest BCUT2D eigenvalue weighted by molar-refractivity contribution is 9.10. The van der Waals surface area contributed by atoms with Gasteiger partial charge in [0.2, 0.25) is 0 Å². The van der Waals surface area contributed by atoms with Gasteiger partial charge in [0.15, 0.2) is 0 Å². The highest BCUT2D eigenvalue weighted by Crippen LogP contribution is 2.43. The zero-order valence-electron chi connectivity index (χ0n) is 11.6. The number of hydrogen-bond donors (Lipinski definition) is 1. The lowest BCUT2D eigenvalue weighted by molar-refractivity contribution is 0.0980. The second-order valence-corrected chi connectivity index (χ2v) is 6.97. The molecule has 0 unspecified atom stereocenters. The molecule has 0 amide bonds. The lowest BCUT2D eigenvalue weighted by Crippen LogP contribution is -2.32. The lowest BCUT2D eigenvalue weighted by atomic mass is 9.95. The molecule has 3 heterocycles. The molecule has 4 heteroatoms. The van der Waals surface area contributed by atoms with Crippen LogP contribution in [0.1, 0.15) is 42.8 Å². The Morgan fingerprint density at radius 3 is 3.00 bits per heavy atom. The second-order valence-electron chi connectivity index (χ2n) is 6.05. The fourth-order valence-corrected chi connectivity index (χ4v) is 4.30. The Bertz CT molecular complexity index is 679. The van der Waals surface area contributed by atoms with Gasteiger partial charge < -0.3 is 9.67 Å². The molecular formula is C16H19BrN2O. The third kappa shape index (κ3) is 1.71. The van der Waals surface area contributed by atoms with Crippen LogP contribution in [0.15, 0.2) is 22.7 Å². The largest absolute Gasteiger partial charge is 0.373 e. The number of rotatable bonds is 0. The Labute approximate surface area is 127 Å². The molecule has 0 saturated carbocycles. The summed E-state index contributed by atoms with van der Waals surface area (Å²) in [5.41, 5.74) is 3.99. The third-order valence-corrected chi connectivity index (χ3v) is 5.41. The number of fused-ring (bicyclic) bond motifs is 3. The van der Waals surface area contributed by atoms with Gasteiger partial charge in [-0.15, -0.1) is 0 Å². The van der Waals surface area contributed by atoms with Gasteiger partial charge in [-0.2, -0.15) is 0 Å². The monoisotopic (exact) mass is 334 g/mol. The smallest absolute Gasteiger partial charge is 0.131 e. The van der Waals surface area contributed by atoms with Crippen molar-refractivity contribution in [1.29, 1.82) is 0 Å². The first-order valence-corrected chi connectivity index (χ1v) is 8.16. The number of aromatic nitrogens is 1. The van der Waals surface area contributed by atoms with E-state index in [-0.39, 0.29) is 6.23 Å². The second kappa shape index (κ2) is 4.58. The lowest BCUT2D eigenvalue weighted by Gasteiger charge is -2.33. The van der Waals surface area contributed by atoms with Gasteiger partial charge in [-0.3, -0.25) is 4.90 Å². The zero-order chi connectivity index (χ0) is 13.9. The topological polar surface area (TPSA) is 28.4 Å². The summed E-state index contributed by atoms with van der Waals surface area (Å²) in [5, 5.41) is 11.9. The number of halogens is 1. The van der Waals surface area contributed by atoms with E-state index in [1.807, 2.05) is 0 Å². The maximum atomic E-state index is 10.6. The van der Waals surface area contributed by atoms with Crippen molar-refractivity contribution in [2.45, 2.75) is 38.0 Å². The molecule has 0 radical (unpaired) electrons. The van der Waals surface area contributed by atoms with Crippen molar-refractivity contribution in [3.05, 3.63) is 33.9 Å². The summed E-state index contributed by atoms with van der Waals surface area (Å²) >= 11 is 3.57. The van der Waals surface area contributed by atoms with E-state index in [1.165, 1.54) is 22.2 Å². The normalized spacial score (nSPS) is 26.6. The van der Waals surface area contributed by atoms with Gasteiger partial charge in [0.05, 0.1) is 11.6 Å². The van der Waals surface area contributed by atoms with E-state index in [0.717, 1.165) is 36.7 Å². The summed E-state index contributed by atoms with van der Waals surface area (Å²) in [6.07, 6.45) is 3.80. The van der Waals surface area contributed by atoms with Gasteiger partial charge in [0.1, 0.15) is 6.23 Å². The van der Waals surface area contributed by atoms with Crippen molar-refractivity contribution in [3.63, 3.8) is 0 Å². The van der Waals surface area contributed by atoms with Gasteiger partial charge in [0, 0.05) is 22.1 Å². The molecule has 2 atom stereocenters. The maximum absolute atomic E-state index is 10.6. The number of aliphatic hydroxyl groups is 1. The van der Waals surface area contributed by atoms with Crippen molar-refractivity contribution < 1.29 is 5.11 Å². The molecule has 0 aliphatic carbocycles. The van der Waals surface area contributed by atoms with Crippen LogP contribution in [0.25, 0.3) is 10.9 Å². The first-order chi connectivity index (χ1) is 9.66. The first-order valence-electron chi connectivity index (χ1n) is 7.37. The average molecular weight is 335 g/mol. The summed E-state index contributed by atoms with van der Waals surface area (Å²) in [4.78, 5) is 2.45. The van der Waals surface area contributed by atoms with Crippen LogP contribution in [-0.4, -0.2) is 28.2 Å². The minimum Gasteiger partial charge on any atom is -0.373 e. The van der Waals surface area contributed by atoms with Crippen LogP contribution in [0, 0.1) is 0 Å². The summed E-state index contributed by atoms with van der Waals surface area (Å²) < 4.78 is 3.28. The summed E-state index contributed by atoms with van der Waals surface area (Å²) in [6, 6.07) is 6.92. The molecule has 0 bridgehead atoms. The van der Waals surface area contributed by atoms with E-state index in [0.29, 0.717) is 6.04 Å². The fraction of sp³-hybridized carbons (Fsp3) is 0.500. The first kappa shape index (κ1) is 12.9. The maximum Gasteiger partial charge on any atom is 0.131 e. The van der Waals surface area contributed by atoms with E-state index >= 15 is 0 Å². The van der Waals surface area contributed by atoms with E-state index < -0.39 is 0 Å².